The van der Waals surface area contributed by atoms with Gasteiger partial charge in [0.15, 0.2) is 0 Å². The standard InChI is InChI=1S/C17H13N3OS/c1-18-16-9-6-12(11-19-16)4-2-3-5-17-20-14-8-7-13(21)10-15(14)22-17/h3,5-11,21H,1H3,(H,18,19). The van der Waals surface area contributed by atoms with E-state index >= 15 is 0 Å². The lowest BCUT2D eigenvalue weighted by Crippen LogP contribution is -1.90. The molecule has 3 aromatic rings. The number of fused-ring (bicyclic) bond motifs is 1. The largest absolute Gasteiger partial charge is 0.508 e. The van der Waals surface area contributed by atoms with Crippen molar-refractivity contribution in [2.45, 2.75) is 0 Å². The van der Waals surface area contributed by atoms with Gasteiger partial charge in [-0.3, -0.25) is 0 Å². The number of hydrogen-bond donors (Lipinski definition) is 2. The summed E-state index contributed by atoms with van der Waals surface area (Å²) in [6, 6.07) is 8.95. The highest BCUT2D eigenvalue weighted by Crippen LogP contribution is 2.26. The number of phenols is 1. The van der Waals surface area contributed by atoms with Crippen molar-refractivity contribution < 1.29 is 5.11 Å². The lowest BCUT2D eigenvalue weighted by molar-refractivity contribution is 0.476. The second-order valence-corrected chi connectivity index (χ2v) is 5.55. The van der Waals surface area contributed by atoms with Crippen molar-refractivity contribution >= 4 is 33.4 Å². The molecule has 22 heavy (non-hydrogen) atoms. The Bertz CT molecular complexity index is 886. The van der Waals surface area contributed by atoms with Crippen molar-refractivity contribution in [3.05, 3.63) is 53.2 Å². The molecular weight excluding hydrogens is 294 g/mol. The predicted molar refractivity (Wildman–Crippen MR) is 91.0 cm³/mol. The van der Waals surface area contributed by atoms with E-state index in [2.05, 4.69) is 27.1 Å². The highest BCUT2D eigenvalue weighted by atomic mass is 32.1. The van der Waals surface area contributed by atoms with Crippen molar-refractivity contribution in [1.82, 2.24) is 9.97 Å². The van der Waals surface area contributed by atoms with Crippen molar-refractivity contribution in [3.8, 4) is 17.6 Å². The van der Waals surface area contributed by atoms with Gasteiger partial charge < -0.3 is 10.4 Å². The fourth-order valence-electron chi connectivity index (χ4n) is 1.86. The molecule has 1 aromatic carbocycles. The quantitative estimate of drug-likeness (QED) is 0.711. The number of benzene rings is 1. The van der Waals surface area contributed by atoms with Crippen LogP contribution in [0.2, 0.25) is 0 Å². The molecule has 2 heterocycles. The minimum Gasteiger partial charge on any atom is -0.508 e. The van der Waals surface area contributed by atoms with Gasteiger partial charge in [-0.05, 0) is 42.5 Å². The molecule has 0 bridgehead atoms. The van der Waals surface area contributed by atoms with E-state index in [1.165, 1.54) is 11.3 Å². The Morgan fingerprint density at radius 2 is 2.18 bits per heavy atom. The van der Waals surface area contributed by atoms with E-state index in [4.69, 9.17) is 0 Å². The molecule has 3 rings (SSSR count). The number of aromatic nitrogens is 2. The Balaban J connectivity index is 1.74. The van der Waals surface area contributed by atoms with E-state index in [0.29, 0.717) is 0 Å². The average molecular weight is 307 g/mol. The Morgan fingerprint density at radius 1 is 1.27 bits per heavy atom. The summed E-state index contributed by atoms with van der Waals surface area (Å²) in [5.74, 6) is 7.06. The van der Waals surface area contributed by atoms with Crippen molar-refractivity contribution in [2.24, 2.45) is 0 Å². The van der Waals surface area contributed by atoms with Gasteiger partial charge >= 0.3 is 0 Å². The first-order chi connectivity index (χ1) is 10.7. The number of anilines is 1. The number of aromatic hydroxyl groups is 1. The zero-order valence-corrected chi connectivity index (χ0v) is 12.7. The number of hydrogen-bond acceptors (Lipinski definition) is 5. The van der Waals surface area contributed by atoms with Gasteiger partial charge in [0.25, 0.3) is 0 Å². The Kier molecular flexibility index (Phi) is 4.03. The molecule has 4 nitrogen and oxygen atoms in total. The van der Waals surface area contributed by atoms with Gasteiger partial charge in [0.1, 0.15) is 16.6 Å². The molecule has 0 atom stereocenters. The van der Waals surface area contributed by atoms with Crippen LogP contribution in [0.25, 0.3) is 16.3 Å². The van der Waals surface area contributed by atoms with E-state index in [-0.39, 0.29) is 5.75 Å². The summed E-state index contributed by atoms with van der Waals surface area (Å²) in [5, 5.41) is 13.3. The van der Waals surface area contributed by atoms with Crippen molar-refractivity contribution in [1.29, 1.82) is 0 Å². The molecule has 0 aliphatic heterocycles. The van der Waals surface area contributed by atoms with E-state index in [0.717, 1.165) is 26.6 Å². The van der Waals surface area contributed by atoms with Gasteiger partial charge in [-0.2, -0.15) is 0 Å². The summed E-state index contributed by atoms with van der Waals surface area (Å²) in [7, 11) is 1.83. The number of phenolic OH excluding ortho intramolecular Hbond substituents is 1. The predicted octanol–water partition coefficient (Wildman–Crippen LogP) is 3.50. The van der Waals surface area contributed by atoms with Gasteiger partial charge in [-0.1, -0.05) is 11.8 Å². The second-order valence-electron chi connectivity index (χ2n) is 4.49. The van der Waals surface area contributed by atoms with Crippen LogP contribution in [0.1, 0.15) is 10.6 Å². The molecule has 0 unspecified atom stereocenters. The van der Waals surface area contributed by atoms with E-state index in [1.807, 2.05) is 25.3 Å². The highest BCUT2D eigenvalue weighted by molar-refractivity contribution is 7.19. The Morgan fingerprint density at radius 3 is 2.95 bits per heavy atom. The van der Waals surface area contributed by atoms with Crippen LogP contribution in [0.4, 0.5) is 5.82 Å². The summed E-state index contributed by atoms with van der Waals surface area (Å²) < 4.78 is 0.958. The molecule has 2 N–H and O–H groups in total. The molecule has 0 spiro atoms. The highest BCUT2D eigenvalue weighted by Gasteiger charge is 2.01. The lowest BCUT2D eigenvalue weighted by atomic mass is 10.3. The summed E-state index contributed by atoms with van der Waals surface area (Å²) in [5.41, 5.74) is 1.74. The summed E-state index contributed by atoms with van der Waals surface area (Å²) in [6.07, 6.45) is 5.36. The first kappa shape index (κ1) is 14.1. The zero-order chi connectivity index (χ0) is 15.4. The third kappa shape index (κ3) is 3.25. The molecule has 108 valence electrons. The summed E-state index contributed by atoms with van der Waals surface area (Å²) >= 11 is 1.52. The number of nitrogens with zero attached hydrogens (tertiary/aromatic N) is 2. The number of allylic oxidation sites excluding steroid dienone is 1. The first-order valence-corrected chi connectivity index (χ1v) is 7.48. The maximum absolute atomic E-state index is 9.45. The number of nitrogens with one attached hydrogen (secondary N) is 1. The average Bonchev–Trinajstić information content (AvgIpc) is 2.94. The SMILES string of the molecule is CNc1ccc(C#CC=Cc2nc3ccc(O)cc3s2)cn1. The third-order valence-corrected chi connectivity index (χ3v) is 3.92. The van der Waals surface area contributed by atoms with E-state index < -0.39 is 0 Å². The molecule has 0 aliphatic rings. The molecular formula is C17H13N3OS. The topological polar surface area (TPSA) is 58.0 Å². The van der Waals surface area contributed by atoms with Crippen LogP contribution in [0.15, 0.2) is 42.6 Å². The van der Waals surface area contributed by atoms with Crippen molar-refractivity contribution in [3.63, 3.8) is 0 Å². The minimum absolute atomic E-state index is 0.254. The normalized spacial score (nSPS) is 10.6. The first-order valence-electron chi connectivity index (χ1n) is 6.66. The maximum atomic E-state index is 9.45. The van der Waals surface area contributed by atoms with Crippen LogP contribution in [0, 0.1) is 11.8 Å². The monoisotopic (exact) mass is 307 g/mol. The molecule has 0 fully saturated rings. The van der Waals surface area contributed by atoms with Crippen LogP contribution in [-0.4, -0.2) is 22.1 Å². The Labute approximate surface area is 132 Å². The van der Waals surface area contributed by atoms with Gasteiger partial charge in [0.2, 0.25) is 0 Å². The number of pyridine rings is 1. The zero-order valence-electron chi connectivity index (χ0n) is 11.9. The van der Waals surface area contributed by atoms with Crippen LogP contribution < -0.4 is 5.32 Å². The Hall–Kier alpha value is -2.84. The van der Waals surface area contributed by atoms with E-state index in [9.17, 15) is 5.11 Å². The summed E-state index contributed by atoms with van der Waals surface area (Å²) in [4.78, 5) is 8.65. The van der Waals surface area contributed by atoms with Gasteiger partial charge in [0.05, 0.1) is 10.2 Å². The van der Waals surface area contributed by atoms with Gasteiger partial charge in [-0.15, -0.1) is 11.3 Å². The van der Waals surface area contributed by atoms with E-state index in [1.54, 1.807) is 30.5 Å². The fraction of sp³-hybridized carbons (Fsp3) is 0.0588. The molecule has 0 saturated carbocycles. The molecule has 5 heteroatoms. The molecule has 0 radical (unpaired) electrons. The second kappa shape index (κ2) is 6.29. The maximum Gasteiger partial charge on any atom is 0.125 e. The van der Waals surface area contributed by atoms with Crippen LogP contribution in [0.5, 0.6) is 5.75 Å². The van der Waals surface area contributed by atoms with Crippen LogP contribution in [-0.2, 0) is 0 Å². The van der Waals surface area contributed by atoms with Crippen LogP contribution in [0.3, 0.4) is 0 Å². The number of rotatable bonds is 2. The fourth-order valence-corrected chi connectivity index (χ4v) is 2.76. The smallest absolute Gasteiger partial charge is 0.125 e. The molecule has 0 saturated heterocycles. The van der Waals surface area contributed by atoms with Gasteiger partial charge in [0, 0.05) is 18.8 Å². The third-order valence-electron chi connectivity index (χ3n) is 2.93. The lowest BCUT2D eigenvalue weighted by Gasteiger charge is -1.96. The number of thiazole rings is 1. The molecule has 2 aromatic heterocycles. The van der Waals surface area contributed by atoms with Crippen molar-refractivity contribution in [2.75, 3.05) is 12.4 Å². The summed E-state index contributed by atoms with van der Waals surface area (Å²) in [6.45, 7) is 0. The molecule has 0 aliphatic carbocycles. The van der Waals surface area contributed by atoms with Gasteiger partial charge in [-0.25, -0.2) is 9.97 Å². The minimum atomic E-state index is 0.254. The molecule has 0 amide bonds. The van der Waals surface area contributed by atoms with Crippen LogP contribution >= 0.6 is 11.3 Å².